The molecule has 0 saturated carbocycles. The zero-order valence-electron chi connectivity index (χ0n) is 7.59. The summed E-state index contributed by atoms with van der Waals surface area (Å²) in [4.78, 5) is 17.4. The normalized spacial score (nSPS) is 9.67. The van der Waals surface area contributed by atoms with Gasteiger partial charge >= 0.3 is 0 Å². The van der Waals surface area contributed by atoms with Crippen molar-refractivity contribution < 1.29 is 9.18 Å². The van der Waals surface area contributed by atoms with Crippen LogP contribution in [0.25, 0.3) is 5.69 Å². The largest absolute Gasteiger partial charge is 0.304 e. The number of halogens is 1. The molecule has 1 aromatic heterocycles. The van der Waals surface area contributed by atoms with Crippen molar-refractivity contribution in [2.24, 2.45) is 4.99 Å². The van der Waals surface area contributed by atoms with Gasteiger partial charge in [0.25, 0.3) is 0 Å². The maximum atomic E-state index is 12.9. The van der Waals surface area contributed by atoms with Crippen LogP contribution in [0.15, 0.2) is 41.9 Å². The third kappa shape index (κ3) is 1.82. The molecule has 0 saturated heterocycles. The average molecular weight is 203 g/mol. The molecule has 0 radical (unpaired) electrons. The summed E-state index contributed by atoms with van der Waals surface area (Å²) < 4.78 is 14.5. The molecule has 1 aromatic carbocycles. The van der Waals surface area contributed by atoms with Crippen molar-refractivity contribution in [2.45, 2.75) is 0 Å². The van der Waals surface area contributed by atoms with E-state index in [0.717, 1.165) is 0 Å². The summed E-state index contributed by atoms with van der Waals surface area (Å²) >= 11 is 0. The van der Waals surface area contributed by atoms with E-state index in [-0.39, 0.29) is 5.69 Å². The maximum absolute atomic E-state index is 12.9. The Morgan fingerprint density at radius 2 is 2.33 bits per heavy atom. The Kier molecular flexibility index (Phi) is 2.39. The molecule has 2 aromatic rings. The van der Waals surface area contributed by atoms with E-state index < -0.39 is 5.82 Å². The lowest BCUT2D eigenvalue weighted by atomic mass is 10.2. The fraction of sp³-hybridized carbons (Fsp3) is 0. The summed E-state index contributed by atoms with van der Waals surface area (Å²) in [5.74, 6) is -0.451. The zero-order chi connectivity index (χ0) is 10.7. The summed E-state index contributed by atoms with van der Waals surface area (Å²) in [5.41, 5.74) is 0.806. The molecule has 4 nitrogen and oxygen atoms in total. The highest BCUT2D eigenvalue weighted by Gasteiger charge is 2.04. The molecule has 0 amide bonds. The van der Waals surface area contributed by atoms with E-state index in [1.165, 1.54) is 30.6 Å². The molecule has 0 bridgehead atoms. The highest BCUT2D eigenvalue weighted by molar-refractivity contribution is 5.61. The summed E-state index contributed by atoms with van der Waals surface area (Å²) in [5, 5.41) is 0. The van der Waals surface area contributed by atoms with Crippen molar-refractivity contribution in [1.82, 2.24) is 9.55 Å². The number of imidazole rings is 1. The van der Waals surface area contributed by atoms with Crippen LogP contribution in [0.1, 0.15) is 0 Å². The van der Waals surface area contributed by atoms with Gasteiger partial charge in [-0.15, -0.1) is 0 Å². The Labute approximate surface area is 84.7 Å². The van der Waals surface area contributed by atoms with E-state index in [1.54, 1.807) is 17.0 Å². The smallest absolute Gasteiger partial charge is 0.240 e. The first-order valence-corrected chi connectivity index (χ1v) is 4.17. The lowest BCUT2D eigenvalue weighted by Crippen LogP contribution is -1.91. The van der Waals surface area contributed by atoms with Crippen molar-refractivity contribution in [3.63, 3.8) is 0 Å². The molecule has 0 N–H and O–H groups in total. The van der Waals surface area contributed by atoms with Gasteiger partial charge in [0.1, 0.15) is 11.5 Å². The fourth-order valence-electron chi connectivity index (χ4n) is 1.26. The van der Waals surface area contributed by atoms with E-state index in [4.69, 9.17) is 0 Å². The maximum Gasteiger partial charge on any atom is 0.240 e. The second-order valence-corrected chi connectivity index (χ2v) is 2.81. The monoisotopic (exact) mass is 203 g/mol. The van der Waals surface area contributed by atoms with Crippen LogP contribution in [-0.4, -0.2) is 15.6 Å². The number of nitrogens with zero attached hydrogens (tertiary/aromatic N) is 3. The quantitative estimate of drug-likeness (QED) is 0.553. The Morgan fingerprint density at radius 3 is 3.00 bits per heavy atom. The second kappa shape index (κ2) is 3.86. The minimum Gasteiger partial charge on any atom is -0.304 e. The van der Waals surface area contributed by atoms with Gasteiger partial charge in [0.15, 0.2) is 0 Å². The van der Waals surface area contributed by atoms with E-state index in [1.807, 2.05) is 0 Å². The molecule has 0 aliphatic carbocycles. The van der Waals surface area contributed by atoms with Gasteiger partial charge in [-0.2, -0.15) is 4.99 Å². The first-order chi connectivity index (χ1) is 7.31. The molecular formula is C10H6FN3O. The van der Waals surface area contributed by atoms with E-state index in [2.05, 4.69) is 9.98 Å². The van der Waals surface area contributed by atoms with Crippen molar-refractivity contribution in [2.75, 3.05) is 0 Å². The van der Waals surface area contributed by atoms with Crippen molar-refractivity contribution in [1.29, 1.82) is 0 Å². The lowest BCUT2D eigenvalue weighted by Gasteiger charge is -2.04. The molecule has 0 atom stereocenters. The molecule has 0 fully saturated rings. The predicted molar refractivity (Wildman–Crippen MR) is 51.3 cm³/mol. The Balaban J connectivity index is 2.60. The van der Waals surface area contributed by atoms with Crippen LogP contribution in [0, 0.1) is 5.82 Å². The molecule has 74 valence electrons. The molecule has 15 heavy (non-hydrogen) atoms. The summed E-state index contributed by atoms with van der Waals surface area (Å²) in [6.45, 7) is 0. The number of aromatic nitrogens is 2. The van der Waals surface area contributed by atoms with Crippen molar-refractivity contribution in [3.8, 4) is 5.69 Å². The van der Waals surface area contributed by atoms with Gasteiger partial charge in [0.2, 0.25) is 6.08 Å². The van der Waals surface area contributed by atoms with Crippen LogP contribution in [0.3, 0.4) is 0 Å². The molecule has 1 heterocycles. The second-order valence-electron chi connectivity index (χ2n) is 2.81. The molecule has 2 rings (SSSR count). The first kappa shape index (κ1) is 9.30. The number of aliphatic imine (C=N–C) groups is 1. The number of benzene rings is 1. The van der Waals surface area contributed by atoms with E-state index in [9.17, 15) is 9.18 Å². The topological polar surface area (TPSA) is 47.2 Å². The summed E-state index contributed by atoms with van der Waals surface area (Å²) in [6.07, 6.45) is 6.19. The van der Waals surface area contributed by atoms with Gasteiger partial charge < -0.3 is 4.57 Å². The van der Waals surface area contributed by atoms with Gasteiger partial charge in [-0.05, 0) is 12.1 Å². The van der Waals surface area contributed by atoms with Gasteiger partial charge in [0.05, 0.1) is 12.0 Å². The molecule has 0 aliphatic rings. The van der Waals surface area contributed by atoms with Gasteiger partial charge in [-0.3, -0.25) is 0 Å². The van der Waals surface area contributed by atoms with Crippen LogP contribution in [0.2, 0.25) is 0 Å². The molecule has 0 aliphatic heterocycles. The summed E-state index contributed by atoms with van der Waals surface area (Å²) in [7, 11) is 0. The Morgan fingerprint density at radius 1 is 1.47 bits per heavy atom. The van der Waals surface area contributed by atoms with E-state index in [0.29, 0.717) is 5.69 Å². The third-order valence-electron chi connectivity index (χ3n) is 1.89. The van der Waals surface area contributed by atoms with E-state index >= 15 is 0 Å². The molecule has 0 spiro atoms. The number of carbonyl (C=O) groups excluding carboxylic acids is 1. The first-order valence-electron chi connectivity index (χ1n) is 4.17. The van der Waals surface area contributed by atoms with Crippen LogP contribution < -0.4 is 0 Å². The number of isocyanates is 1. The van der Waals surface area contributed by atoms with Crippen molar-refractivity contribution >= 4 is 11.8 Å². The number of hydrogen-bond donors (Lipinski definition) is 0. The minimum atomic E-state index is -0.451. The Hall–Kier alpha value is -2.26. The zero-order valence-corrected chi connectivity index (χ0v) is 7.59. The lowest BCUT2D eigenvalue weighted by molar-refractivity contribution is 0.565. The van der Waals surface area contributed by atoms with Gasteiger partial charge in [-0.25, -0.2) is 14.2 Å². The third-order valence-corrected chi connectivity index (χ3v) is 1.89. The number of rotatable bonds is 2. The Bertz CT molecular complexity index is 515. The van der Waals surface area contributed by atoms with Crippen molar-refractivity contribution in [3.05, 3.63) is 42.7 Å². The molecule has 5 heteroatoms. The fourth-order valence-corrected chi connectivity index (χ4v) is 1.26. The molecular weight excluding hydrogens is 197 g/mol. The van der Waals surface area contributed by atoms with Gasteiger partial charge in [0, 0.05) is 18.5 Å². The van der Waals surface area contributed by atoms with Crippen LogP contribution in [0.4, 0.5) is 10.1 Å². The minimum absolute atomic E-state index is 0.225. The average Bonchev–Trinajstić information content (AvgIpc) is 2.71. The predicted octanol–water partition coefficient (Wildman–Crippen LogP) is 1.98. The SMILES string of the molecule is O=C=Nc1cc(F)ccc1-n1ccnc1. The molecule has 0 unspecified atom stereocenters. The number of hydrogen-bond acceptors (Lipinski definition) is 3. The van der Waals surface area contributed by atoms with Crippen LogP contribution in [0.5, 0.6) is 0 Å². The van der Waals surface area contributed by atoms with Crippen LogP contribution in [-0.2, 0) is 4.79 Å². The highest BCUT2D eigenvalue weighted by Crippen LogP contribution is 2.23. The highest BCUT2D eigenvalue weighted by atomic mass is 19.1. The summed E-state index contributed by atoms with van der Waals surface area (Å²) in [6, 6.07) is 3.98. The standard InChI is InChI=1S/C10H6FN3O/c11-8-1-2-10(9(5-8)13-7-15)14-4-3-12-6-14/h1-6H. The van der Waals surface area contributed by atoms with Gasteiger partial charge in [-0.1, -0.05) is 0 Å². The van der Waals surface area contributed by atoms with Crippen LogP contribution >= 0.6 is 0 Å².